The molecule has 0 unspecified atom stereocenters. The molecule has 0 aromatic carbocycles. The van der Waals surface area contributed by atoms with Gasteiger partial charge in [0, 0.05) is 22.8 Å². The van der Waals surface area contributed by atoms with Crippen LogP contribution in [0.25, 0.3) is 23.0 Å². The van der Waals surface area contributed by atoms with Crippen molar-refractivity contribution < 1.29 is 0 Å². The quantitative estimate of drug-likeness (QED) is 0.125. The molecule has 3 aromatic rings. The van der Waals surface area contributed by atoms with Crippen LogP contribution in [0.15, 0.2) is 12.1 Å². The molecule has 6 heteroatoms. The Bertz CT molecular complexity index is 1080. The molecular formula is C36H56N6. The zero-order chi connectivity index (χ0) is 30.2. The van der Waals surface area contributed by atoms with Gasteiger partial charge in [0.25, 0.3) is 0 Å². The predicted octanol–water partition coefficient (Wildman–Crippen LogP) is 9.45. The van der Waals surface area contributed by atoms with Crippen LogP contribution in [0, 0.1) is 0 Å². The molecule has 0 radical (unpaired) electrons. The van der Waals surface area contributed by atoms with Crippen LogP contribution in [0.4, 0.5) is 0 Å². The van der Waals surface area contributed by atoms with E-state index in [0.29, 0.717) is 0 Å². The van der Waals surface area contributed by atoms with E-state index in [1.807, 2.05) is 0 Å². The Labute approximate surface area is 256 Å². The number of rotatable bonds is 20. The third-order valence-electron chi connectivity index (χ3n) is 7.69. The van der Waals surface area contributed by atoms with Crippen molar-refractivity contribution in [2.24, 2.45) is 0 Å². The first-order valence-electron chi connectivity index (χ1n) is 17.2. The molecule has 42 heavy (non-hydrogen) atoms. The second kappa shape index (κ2) is 18.7. The minimum absolute atomic E-state index is 0.746. The van der Waals surface area contributed by atoms with Gasteiger partial charge in [-0.25, -0.2) is 29.9 Å². The van der Waals surface area contributed by atoms with Gasteiger partial charge in [-0.15, -0.1) is 0 Å². The second-order valence-corrected chi connectivity index (χ2v) is 11.8. The maximum Gasteiger partial charge on any atom is 0.180 e. The molecule has 0 aliphatic rings. The lowest BCUT2D eigenvalue weighted by atomic mass is 10.0. The summed E-state index contributed by atoms with van der Waals surface area (Å²) in [5, 5.41) is 0. The van der Waals surface area contributed by atoms with Crippen LogP contribution < -0.4 is 0 Å². The van der Waals surface area contributed by atoms with E-state index in [1.165, 1.54) is 38.5 Å². The molecule has 0 aliphatic carbocycles. The maximum atomic E-state index is 5.40. The maximum absolute atomic E-state index is 5.40. The predicted molar refractivity (Wildman–Crippen MR) is 176 cm³/mol. The fraction of sp³-hybridized carbons (Fsp3) is 0.667. The van der Waals surface area contributed by atoms with E-state index in [0.717, 1.165) is 134 Å². The van der Waals surface area contributed by atoms with Crippen molar-refractivity contribution in [3.63, 3.8) is 0 Å². The SMILES string of the molecule is CCCCCCc1nc(-c2nc(CCC)cc(CCC)n2)c(CCCCCC)nc1-c1nc(CCC)cc(CCC)n1. The van der Waals surface area contributed by atoms with Gasteiger partial charge in [-0.1, -0.05) is 106 Å². The molecule has 230 valence electrons. The highest BCUT2D eigenvalue weighted by Crippen LogP contribution is 2.28. The van der Waals surface area contributed by atoms with E-state index in [9.17, 15) is 0 Å². The number of unbranched alkanes of at least 4 members (excludes halogenated alkanes) is 6. The second-order valence-electron chi connectivity index (χ2n) is 11.8. The van der Waals surface area contributed by atoms with Crippen molar-refractivity contribution in [2.75, 3.05) is 0 Å². The number of aryl methyl sites for hydroxylation is 6. The average Bonchev–Trinajstić information content (AvgIpc) is 2.98. The van der Waals surface area contributed by atoms with Crippen LogP contribution in [-0.2, 0) is 38.5 Å². The van der Waals surface area contributed by atoms with Gasteiger partial charge in [0.05, 0.1) is 11.4 Å². The van der Waals surface area contributed by atoms with Gasteiger partial charge >= 0.3 is 0 Å². The van der Waals surface area contributed by atoms with Crippen LogP contribution in [0.1, 0.15) is 153 Å². The molecule has 3 heterocycles. The van der Waals surface area contributed by atoms with E-state index in [2.05, 4.69) is 53.7 Å². The number of aromatic nitrogens is 6. The first-order chi connectivity index (χ1) is 20.6. The lowest BCUT2D eigenvalue weighted by Crippen LogP contribution is -2.11. The number of hydrogen-bond acceptors (Lipinski definition) is 6. The van der Waals surface area contributed by atoms with Gasteiger partial charge in [-0.3, -0.25) is 0 Å². The Kier molecular flexibility index (Phi) is 15.0. The van der Waals surface area contributed by atoms with Gasteiger partial charge in [0.2, 0.25) is 0 Å². The summed E-state index contributed by atoms with van der Waals surface area (Å²) in [6, 6.07) is 4.38. The van der Waals surface area contributed by atoms with E-state index in [-0.39, 0.29) is 0 Å². The van der Waals surface area contributed by atoms with Crippen molar-refractivity contribution in [2.45, 2.75) is 157 Å². The van der Waals surface area contributed by atoms with Gasteiger partial charge < -0.3 is 0 Å². The molecule has 0 spiro atoms. The zero-order valence-electron chi connectivity index (χ0n) is 27.6. The normalized spacial score (nSPS) is 11.4. The monoisotopic (exact) mass is 572 g/mol. The van der Waals surface area contributed by atoms with E-state index in [4.69, 9.17) is 29.9 Å². The molecule has 3 rings (SSSR count). The Balaban J connectivity index is 2.22. The summed E-state index contributed by atoms with van der Waals surface area (Å²) >= 11 is 0. The van der Waals surface area contributed by atoms with Crippen molar-refractivity contribution >= 4 is 0 Å². The molecule has 6 nitrogen and oxygen atoms in total. The van der Waals surface area contributed by atoms with Crippen LogP contribution in [0.2, 0.25) is 0 Å². The minimum atomic E-state index is 0.746. The van der Waals surface area contributed by atoms with Crippen LogP contribution >= 0.6 is 0 Å². The highest BCUT2D eigenvalue weighted by Gasteiger charge is 2.21. The highest BCUT2D eigenvalue weighted by molar-refractivity contribution is 5.61. The first-order valence-corrected chi connectivity index (χ1v) is 17.2. The Morgan fingerprint density at radius 1 is 0.357 bits per heavy atom. The molecule has 0 bridgehead atoms. The van der Waals surface area contributed by atoms with Crippen LogP contribution in [0.3, 0.4) is 0 Å². The van der Waals surface area contributed by atoms with E-state index < -0.39 is 0 Å². The van der Waals surface area contributed by atoms with Crippen molar-refractivity contribution in [3.8, 4) is 23.0 Å². The Morgan fingerprint density at radius 2 is 0.690 bits per heavy atom. The smallest absolute Gasteiger partial charge is 0.180 e. The minimum Gasteiger partial charge on any atom is -0.245 e. The molecular weight excluding hydrogens is 516 g/mol. The molecule has 0 amide bonds. The van der Waals surface area contributed by atoms with Gasteiger partial charge in [0.15, 0.2) is 11.6 Å². The summed E-state index contributed by atoms with van der Waals surface area (Å²) in [5.74, 6) is 1.49. The highest BCUT2D eigenvalue weighted by atomic mass is 15.0. The standard InChI is InChI=1S/C36H56N6/c1-7-13-15-17-23-31-33(35-37-27(19-9-3)25-28(38-35)20-10-4)42-32(24-18-16-14-8-2)34(41-31)36-39-29(21-11-5)26-30(40-36)22-12-6/h25-26H,7-24H2,1-6H3. The van der Waals surface area contributed by atoms with E-state index >= 15 is 0 Å². The molecule has 0 atom stereocenters. The summed E-state index contributed by atoms with van der Waals surface area (Å²) in [4.78, 5) is 31.1. The van der Waals surface area contributed by atoms with Gasteiger partial charge in [-0.2, -0.15) is 0 Å². The molecule has 3 aromatic heterocycles. The Morgan fingerprint density at radius 3 is 0.976 bits per heavy atom. The van der Waals surface area contributed by atoms with E-state index in [1.54, 1.807) is 0 Å². The topological polar surface area (TPSA) is 77.3 Å². The summed E-state index contributed by atoms with van der Waals surface area (Å²) < 4.78 is 0. The van der Waals surface area contributed by atoms with Crippen molar-refractivity contribution in [1.29, 1.82) is 0 Å². The molecule has 0 aliphatic heterocycles. The number of nitrogens with zero attached hydrogens (tertiary/aromatic N) is 6. The van der Waals surface area contributed by atoms with Gasteiger partial charge in [0.1, 0.15) is 11.4 Å². The third-order valence-corrected chi connectivity index (χ3v) is 7.69. The molecule has 0 fully saturated rings. The largest absolute Gasteiger partial charge is 0.245 e. The molecule has 0 N–H and O–H groups in total. The summed E-state index contributed by atoms with van der Waals surface area (Å²) in [7, 11) is 0. The van der Waals surface area contributed by atoms with Crippen molar-refractivity contribution in [1.82, 2.24) is 29.9 Å². The average molecular weight is 573 g/mol. The number of hydrogen-bond donors (Lipinski definition) is 0. The molecule has 0 saturated heterocycles. The van der Waals surface area contributed by atoms with Crippen molar-refractivity contribution in [3.05, 3.63) is 46.3 Å². The zero-order valence-corrected chi connectivity index (χ0v) is 27.6. The van der Waals surface area contributed by atoms with Crippen LogP contribution in [-0.4, -0.2) is 29.9 Å². The summed E-state index contributed by atoms with van der Waals surface area (Å²) in [5.41, 5.74) is 8.17. The van der Waals surface area contributed by atoms with Crippen LogP contribution in [0.5, 0.6) is 0 Å². The lowest BCUT2D eigenvalue weighted by Gasteiger charge is -2.16. The van der Waals surface area contributed by atoms with Gasteiger partial charge in [-0.05, 0) is 63.5 Å². The summed E-state index contributed by atoms with van der Waals surface area (Å²) in [6.45, 7) is 13.4. The third kappa shape index (κ3) is 10.2. The Hall–Kier alpha value is -2.76. The molecule has 0 saturated carbocycles. The fourth-order valence-electron chi connectivity index (χ4n) is 5.51. The lowest BCUT2D eigenvalue weighted by molar-refractivity contribution is 0.651. The summed E-state index contributed by atoms with van der Waals surface area (Å²) in [6.07, 6.45) is 19.2. The first kappa shape index (κ1) is 33.7. The fourth-order valence-corrected chi connectivity index (χ4v) is 5.51.